The Hall–Kier alpha value is -1.26. The van der Waals surface area contributed by atoms with Crippen molar-refractivity contribution in [3.05, 3.63) is 0 Å². The number of nitrogens with zero attached hydrogens (tertiary/aromatic N) is 1. The van der Waals surface area contributed by atoms with E-state index in [-0.39, 0.29) is 0 Å². The third-order valence-corrected chi connectivity index (χ3v) is 1.95. The lowest BCUT2D eigenvalue weighted by Crippen LogP contribution is -2.40. The molecule has 82 valence electrons. The molecule has 0 radical (unpaired) electrons. The zero-order valence-electron chi connectivity index (χ0n) is 8.82. The number of hydrogen-bond donors (Lipinski definition) is 1. The summed E-state index contributed by atoms with van der Waals surface area (Å²) in [7, 11) is 1.41. The molecular formula is C9H17NO4. The highest BCUT2D eigenvalue weighted by atomic mass is 16.6. The molecule has 5 heteroatoms. The molecule has 0 bridgehead atoms. The number of rotatable bonds is 5. The Morgan fingerprint density at radius 1 is 1.50 bits per heavy atom. The number of carboxylic acid groups (broad SMARTS) is 1. The summed E-state index contributed by atoms with van der Waals surface area (Å²) in [5.74, 6) is -1.04. The van der Waals surface area contributed by atoms with E-state index in [1.54, 1.807) is 0 Å². The lowest BCUT2D eigenvalue weighted by atomic mass is 10.3. The first-order valence-corrected chi connectivity index (χ1v) is 4.63. The largest absolute Gasteiger partial charge is 0.480 e. The molecule has 0 aromatic carbocycles. The standard InChI is InChI=1S/C9H17NO4/c1-4-5-6-14-9(13)10(3)7(2)8(11)12/h7H,4-6H2,1-3H3,(H,11,12)/t7-/m0/s1. The predicted molar refractivity (Wildman–Crippen MR) is 51.1 cm³/mol. The molecule has 0 spiro atoms. The number of carboxylic acids is 1. The van der Waals surface area contributed by atoms with E-state index in [1.807, 2.05) is 6.92 Å². The highest BCUT2D eigenvalue weighted by Crippen LogP contribution is 2.00. The van der Waals surface area contributed by atoms with E-state index in [2.05, 4.69) is 0 Å². The van der Waals surface area contributed by atoms with Crippen LogP contribution in [-0.4, -0.2) is 41.8 Å². The molecule has 1 atom stereocenters. The Kier molecular flexibility index (Phi) is 5.67. The van der Waals surface area contributed by atoms with Gasteiger partial charge in [0.1, 0.15) is 6.04 Å². The fraction of sp³-hybridized carbons (Fsp3) is 0.778. The molecule has 0 unspecified atom stereocenters. The average Bonchev–Trinajstić information content (AvgIpc) is 2.15. The number of carbonyl (C=O) groups is 2. The topological polar surface area (TPSA) is 66.8 Å². The van der Waals surface area contributed by atoms with Crippen LogP contribution in [0.3, 0.4) is 0 Å². The van der Waals surface area contributed by atoms with Crippen molar-refractivity contribution < 1.29 is 19.4 Å². The van der Waals surface area contributed by atoms with Crippen molar-refractivity contribution in [2.75, 3.05) is 13.7 Å². The maximum absolute atomic E-state index is 11.2. The molecule has 0 aliphatic carbocycles. The fourth-order valence-electron chi connectivity index (χ4n) is 0.729. The van der Waals surface area contributed by atoms with Crippen LogP contribution in [0.5, 0.6) is 0 Å². The summed E-state index contributed by atoms with van der Waals surface area (Å²) >= 11 is 0. The van der Waals surface area contributed by atoms with Gasteiger partial charge in [-0.3, -0.25) is 4.90 Å². The van der Waals surface area contributed by atoms with Crippen molar-refractivity contribution >= 4 is 12.1 Å². The van der Waals surface area contributed by atoms with Gasteiger partial charge >= 0.3 is 12.1 Å². The fourth-order valence-corrected chi connectivity index (χ4v) is 0.729. The minimum absolute atomic E-state index is 0.339. The highest BCUT2D eigenvalue weighted by molar-refractivity contribution is 5.79. The summed E-state index contributed by atoms with van der Waals surface area (Å²) in [6.45, 7) is 3.76. The Labute approximate surface area is 83.6 Å². The molecule has 0 aliphatic heterocycles. The summed E-state index contributed by atoms with van der Waals surface area (Å²) in [6.07, 6.45) is 1.14. The molecule has 0 fully saturated rings. The van der Waals surface area contributed by atoms with E-state index in [0.717, 1.165) is 17.7 Å². The third kappa shape index (κ3) is 4.11. The second kappa shape index (κ2) is 6.23. The van der Waals surface area contributed by atoms with Gasteiger partial charge in [-0.2, -0.15) is 0 Å². The van der Waals surface area contributed by atoms with Gasteiger partial charge in [-0.15, -0.1) is 0 Å². The normalized spacial score (nSPS) is 11.9. The van der Waals surface area contributed by atoms with Crippen LogP contribution in [0.15, 0.2) is 0 Å². The third-order valence-electron chi connectivity index (χ3n) is 1.95. The Morgan fingerprint density at radius 2 is 2.07 bits per heavy atom. The van der Waals surface area contributed by atoms with Crippen LogP contribution < -0.4 is 0 Å². The van der Waals surface area contributed by atoms with Crippen LogP contribution in [0.25, 0.3) is 0 Å². The summed E-state index contributed by atoms with van der Waals surface area (Å²) in [4.78, 5) is 22.8. The number of unbranched alkanes of at least 4 members (excludes halogenated alkanes) is 1. The van der Waals surface area contributed by atoms with Crippen molar-refractivity contribution in [2.24, 2.45) is 0 Å². The van der Waals surface area contributed by atoms with E-state index in [4.69, 9.17) is 9.84 Å². The van der Waals surface area contributed by atoms with Gasteiger partial charge in [0.25, 0.3) is 0 Å². The number of aliphatic carboxylic acids is 1. The second-order valence-electron chi connectivity index (χ2n) is 3.09. The molecule has 1 N–H and O–H groups in total. The molecule has 0 aromatic heterocycles. The average molecular weight is 203 g/mol. The molecule has 0 heterocycles. The first-order valence-electron chi connectivity index (χ1n) is 4.63. The van der Waals surface area contributed by atoms with E-state index in [1.165, 1.54) is 14.0 Å². The zero-order valence-corrected chi connectivity index (χ0v) is 8.82. The molecule has 14 heavy (non-hydrogen) atoms. The van der Waals surface area contributed by atoms with Crippen LogP contribution in [-0.2, 0) is 9.53 Å². The van der Waals surface area contributed by atoms with Crippen molar-refractivity contribution in [1.29, 1.82) is 0 Å². The molecular weight excluding hydrogens is 186 g/mol. The summed E-state index contributed by atoms with van der Waals surface area (Å²) in [5.41, 5.74) is 0. The minimum Gasteiger partial charge on any atom is -0.480 e. The molecule has 0 saturated heterocycles. The maximum Gasteiger partial charge on any atom is 0.410 e. The van der Waals surface area contributed by atoms with Gasteiger partial charge in [-0.1, -0.05) is 13.3 Å². The Bertz CT molecular complexity index is 205. The van der Waals surface area contributed by atoms with E-state index < -0.39 is 18.1 Å². The first-order chi connectivity index (χ1) is 6.50. The van der Waals surface area contributed by atoms with Crippen LogP contribution in [0.2, 0.25) is 0 Å². The molecule has 0 aliphatic rings. The monoisotopic (exact) mass is 203 g/mol. The van der Waals surface area contributed by atoms with Gasteiger partial charge < -0.3 is 9.84 Å². The number of amides is 1. The quantitative estimate of drug-likeness (QED) is 0.684. The summed E-state index contributed by atoms with van der Waals surface area (Å²) in [5, 5.41) is 8.62. The van der Waals surface area contributed by atoms with E-state index in [9.17, 15) is 9.59 Å². The van der Waals surface area contributed by atoms with Crippen molar-refractivity contribution in [3.8, 4) is 0 Å². The molecule has 0 saturated carbocycles. The van der Waals surface area contributed by atoms with Crippen LogP contribution in [0.4, 0.5) is 4.79 Å². The zero-order chi connectivity index (χ0) is 11.1. The van der Waals surface area contributed by atoms with Gasteiger partial charge in [0.15, 0.2) is 0 Å². The van der Waals surface area contributed by atoms with E-state index in [0.29, 0.717) is 6.61 Å². The van der Waals surface area contributed by atoms with Gasteiger partial charge in [-0.25, -0.2) is 9.59 Å². The molecule has 0 aromatic rings. The summed E-state index contributed by atoms with van der Waals surface area (Å²) < 4.78 is 4.84. The van der Waals surface area contributed by atoms with Gasteiger partial charge in [0.05, 0.1) is 6.61 Å². The lowest BCUT2D eigenvalue weighted by Gasteiger charge is -2.20. The van der Waals surface area contributed by atoms with Gasteiger partial charge in [0.2, 0.25) is 0 Å². The lowest BCUT2D eigenvalue weighted by molar-refractivity contribution is -0.141. The Balaban J connectivity index is 3.92. The number of likely N-dealkylation sites (N-methyl/N-ethyl adjacent to an activating group) is 1. The number of hydrogen-bond acceptors (Lipinski definition) is 3. The van der Waals surface area contributed by atoms with Gasteiger partial charge in [-0.05, 0) is 13.3 Å². The van der Waals surface area contributed by atoms with Crippen LogP contribution in [0, 0.1) is 0 Å². The summed E-state index contributed by atoms with van der Waals surface area (Å²) in [6, 6.07) is -0.857. The molecule has 1 amide bonds. The molecule has 0 rings (SSSR count). The van der Waals surface area contributed by atoms with Crippen LogP contribution >= 0.6 is 0 Å². The maximum atomic E-state index is 11.2. The number of carbonyl (C=O) groups excluding carboxylic acids is 1. The molecule has 5 nitrogen and oxygen atoms in total. The smallest absolute Gasteiger partial charge is 0.410 e. The number of ether oxygens (including phenoxy) is 1. The Morgan fingerprint density at radius 3 is 2.50 bits per heavy atom. The predicted octanol–water partition coefficient (Wildman–Crippen LogP) is 1.33. The first kappa shape index (κ1) is 12.7. The van der Waals surface area contributed by atoms with Crippen molar-refractivity contribution in [3.63, 3.8) is 0 Å². The minimum atomic E-state index is -1.04. The highest BCUT2D eigenvalue weighted by Gasteiger charge is 2.22. The van der Waals surface area contributed by atoms with Crippen molar-refractivity contribution in [1.82, 2.24) is 4.90 Å². The van der Waals surface area contributed by atoms with E-state index >= 15 is 0 Å². The second-order valence-corrected chi connectivity index (χ2v) is 3.09. The van der Waals surface area contributed by atoms with Crippen molar-refractivity contribution in [2.45, 2.75) is 32.7 Å². The van der Waals surface area contributed by atoms with Gasteiger partial charge in [0, 0.05) is 7.05 Å². The van der Waals surface area contributed by atoms with Crippen LogP contribution in [0.1, 0.15) is 26.7 Å². The SMILES string of the molecule is CCCCOC(=O)N(C)[C@@H](C)C(=O)O.